The van der Waals surface area contributed by atoms with Gasteiger partial charge in [-0.1, -0.05) is 0 Å². The summed E-state index contributed by atoms with van der Waals surface area (Å²) >= 11 is 0. The first kappa shape index (κ1) is 14.8. The molecule has 0 amide bonds. The van der Waals surface area contributed by atoms with Crippen molar-refractivity contribution in [1.29, 1.82) is 0 Å². The number of phenolic OH excluding ortho intramolecular Hbond substituents is 1. The summed E-state index contributed by atoms with van der Waals surface area (Å²) in [4.78, 5) is 10.9. The van der Waals surface area contributed by atoms with Gasteiger partial charge in [0.05, 0.1) is 11.6 Å². The number of halogens is 2. The van der Waals surface area contributed by atoms with Crippen molar-refractivity contribution >= 4 is 11.7 Å². The van der Waals surface area contributed by atoms with Crippen LogP contribution in [0.5, 0.6) is 5.75 Å². The molecule has 0 aliphatic heterocycles. The Kier molecular flexibility index (Phi) is 4.07. The second-order valence-electron chi connectivity index (χ2n) is 4.57. The van der Waals surface area contributed by atoms with Crippen LogP contribution in [-0.2, 0) is 0 Å². The molecule has 0 radical (unpaired) electrons. The number of hydrogen-bond acceptors (Lipinski definition) is 3. The Morgan fingerprint density at radius 1 is 1.19 bits per heavy atom. The van der Waals surface area contributed by atoms with Crippen LogP contribution in [-0.4, -0.2) is 16.2 Å². The lowest BCUT2D eigenvalue weighted by Gasteiger charge is -2.17. The van der Waals surface area contributed by atoms with Crippen LogP contribution in [0.15, 0.2) is 36.4 Å². The number of benzene rings is 2. The fraction of sp³-hybridized carbons (Fsp3) is 0.133. The van der Waals surface area contributed by atoms with Crippen LogP contribution in [0, 0.1) is 11.6 Å². The molecule has 6 heteroatoms. The standard InChI is InChI=1S/C15H13F2NO3/c1-8(11-6-9(16)2-5-14(11)19)18-10-3-4-13(17)12(7-10)15(20)21/h2-8,18-19H,1H3,(H,20,21). The number of anilines is 1. The van der Waals surface area contributed by atoms with Crippen molar-refractivity contribution in [3.63, 3.8) is 0 Å². The highest BCUT2D eigenvalue weighted by Gasteiger charge is 2.14. The number of carboxylic acid groups (broad SMARTS) is 1. The van der Waals surface area contributed by atoms with Crippen molar-refractivity contribution in [2.45, 2.75) is 13.0 Å². The summed E-state index contributed by atoms with van der Waals surface area (Å²) < 4.78 is 26.5. The number of rotatable bonds is 4. The highest BCUT2D eigenvalue weighted by atomic mass is 19.1. The third-order valence-electron chi connectivity index (χ3n) is 3.04. The van der Waals surface area contributed by atoms with Crippen LogP contribution in [0.4, 0.5) is 14.5 Å². The molecule has 1 atom stereocenters. The van der Waals surface area contributed by atoms with Crippen molar-refractivity contribution in [3.05, 3.63) is 59.2 Å². The highest BCUT2D eigenvalue weighted by molar-refractivity contribution is 5.89. The lowest BCUT2D eigenvalue weighted by Crippen LogP contribution is -2.09. The molecule has 3 N–H and O–H groups in total. The topological polar surface area (TPSA) is 69.6 Å². The largest absolute Gasteiger partial charge is 0.508 e. The van der Waals surface area contributed by atoms with Gasteiger partial charge in [-0.15, -0.1) is 0 Å². The summed E-state index contributed by atoms with van der Waals surface area (Å²) in [6.07, 6.45) is 0. The Hall–Kier alpha value is -2.63. The summed E-state index contributed by atoms with van der Waals surface area (Å²) in [5.74, 6) is -2.80. The van der Waals surface area contributed by atoms with E-state index in [0.29, 0.717) is 11.3 Å². The Balaban J connectivity index is 2.27. The maximum atomic E-state index is 13.3. The van der Waals surface area contributed by atoms with Gasteiger partial charge in [0, 0.05) is 11.3 Å². The summed E-state index contributed by atoms with van der Waals surface area (Å²) in [7, 11) is 0. The van der Waals surface area contributed by atoms with E-state index >= 15 is 0 Å². The summed E-state index contributed by atoms with van der Waals surface area (Å²) in [5.41, 5.74) is 0.205. The second-order valence-corrected chi connectivity index (χ2v) is 4.57. The summed E-state index contributed by atoms with van der Waals surface area (Å²) in [6.45, 7) is 1.66. The van der Waals surface area contributed by atoms with E-state index in [1.807, 2.05) is 0 Å². The molecule has 1 unspecified atom stereocenters. The monoisotopic (exact) mass is 293 g/mol. The molecule has 4 nitrogen and oxygen atoms in total. The van der Waals surface area contributed by atoms with E-state index in [0.717, 1.165) is 18.2 Å². The summed E-state index contributed by atoms with van der Waals surface area (Å²) in [6, 6.07) is 6.59. The molecule has 21 heavy (non-hydrogen) atoms. The third kappa shape index (κ3) is 3.28. The van der Waals surface area contributed by atoms with Crippen molar-refractivity contribution in [2.24, 2.45) is 0 Å². The quantitative estimate of drug-likeness (QED) is 0.806. The number of hydrogen-bond donors (Lipinski definition) is 3. The minimum Gasteiger partial charge on any atom is -0.508 e. The maximum Gasteiger partial charge on any atom is 0.338 e. The molecule has 2 rings (SSSR count). The van der Waals surface area contributed by atoms with Gasteiger partial charge in [-0.25, -0.2) is 13.6 Å². The molecular weight excluding hydrogens is 280 g/mol. The SMILES string of the molecule is CC(Nc1ccc(F)c(C(=O)O)c1)c1cc(F)ccc1O. The smallest absolute Gasteiger partial charge is 0.338 e. The highest BCUT2D eigenvalue weighted by Crippen LogP contribution is 2.28. The van der Waals surface area contributed by atoms with Crippen LogP contribution < -0.4 is 5.32 Å². The number of aromatic hydroxyl groups is 1. The molecule has 0 aromatic heterocycles. The molecule has 2 aromatic carbocycles. The molecule has 0 bridgehead atoms. The molecule has 0 fully saturated rings. The first-order valence-electron chi connectivity index (χ1n) is 6.16. The van der Waals surface area contributed by atoms with E-state index < -0.39 is 29.2 Å². The molecular formula is C15H13F2NO3. The molecule has 0 spiro atoms. The first-order chi connectivity index (χ1) is 9.88. The maximum absolute atomic E-state index is 13.3. The van der Waals surface area contributed by atoms with Gasteiger partial charge in [0.2, 0.25) is 0 Å². The number of phenols is 1. The third-order valence-corrected chi connectivity index (χ3v) is 3.04. The second kappa shape index (κ2) is 5.78. The molecule has 0 aliphatic carbocycles. The molecule has 110 valence electrons. The van der Waals surface area contributed by atoms with Gasteiger partial charge < -0.3 is 15.5 Å². The van der Waals surface area contributed by atoms with Crippen molar-refractivity contribution in [3.8, 4) is 5.75 Å². The van der Waals surface area contributed by atoms with Gasteiger partial charge in [0.1, 0.15) is 17.4 Å². The minimum atomic E-state index is -1.38. The minimum absolute atomic E-state index is 0.0861. The zero-order valence-electron chi connectivity index (χ0n) is 11.1. The Labute approximate surface area is 119 Å². The number of aromatic carboxylic acids is 1. The first-order valence-corrected chi connectivity index (χ1v) is 6.16. The van der Waals surface area contributed by atoms with Crippen LogP contribution >= 0.6 is 0 Å². The number of carboxylic acids is 1. The molecule has 0 aliphatic rings. The van der Waals surface area contributed by atoms with Crippen molar-refractivity contribution < 1.29 is 23.8 Å². The van der Waals surface area contributed by atoms with E-state index in [4.69, 9.17) is 5.11 Å². The normalized spacial score (nSPS) is 12.0. The molecule has 0 heterocycles. The van der Waals surface area contributed by atoms with Crippen LogP contribution in [0.2, 0.25) is 0 Å². The average molecular weight is 293 g/mol. The average Bonchev–Trinajstić information content (AvgIpc) is 2.43. The van der Waals surface area contributed by atoms with Gasteiger partial charge in [0.25, 0.3) is 0 Å². The van der Waals surface area contributed by atoms with Crippen molar-refractivity contribution in [2.75, 3.05) is 5.32 Å². The Morgan fingerprint density at radius 2 is 1.90 bits per heavy atom. The Morgan fingerprint density at radius 3 is 2.57 bits per heavy atom. The lowest BCUT2D eigenvalue weighted by atomic mass is 10.1. The van der Waals surface area contributed by atoms with Gasteiger partial charge in [-0.3, -0.25) is 0 Å². The zero-order valence-corrected chi connectivity index (χ0v) is 11.1. The van der Waals surface area contributed by atoms with Gasteiger partial charge in [0.15, 0.2) is 0 Å². The fourth-order valence-electron chi connectivity index (χ4n) is 1.98. The zero-order chi connectivity index (χ0) is 15.6. The predicted molar refractivity (Wildman–Crippen MR) is 73.5 cm³/mol. The van der Waals surface area contributed by atoms with E-state index in [1.54, 1.807) is 6.92 Å². The summed E-state index contributed by atoms with van der Waals surface area (Å²) in [5, 5.41) is 21.5. The van der Waals surface area contributed by atoms with Crippen LogP contribution in [0.1, 0.15) is 28.9 Å². The van der Waals surface area contributed by atoms with Gasteiger partial charge in [-0.05, 0) is 43.3 Å². The van der Waals surface area contributed by atoms with E-state index in [2.05, 4.69) is 5.32 Å². The van der Waals surface area contributed by atoms with E-state index in [9.17, 15) is 18.7 Å². The molecule has 0 saturated carbocycles. The van der Waals surface area contributed by atoms with Crippen LogP contribution in [0.3, 0.4) is 0 Å². The predicted octanol–water partition coefficient (Wildman–Crippen LogP) is 3.54. The van der Waals surface area contributed by atoms with E-state index in [-0.39, 0.29) is 5.75 Å². The molecule has 2 aromatic rings. The lowest BCUT2D eigenvalue weighted by molar-refractivity contribution is 0.0692. The number of carbonyl (C=O) groups is 1. The van der Waals surface area contributed by atoms with Gasteiger partial charge in [-0.2, -0.15) is 0 Å². The van der Waals surface area contributed by atoms with Crippen molar-refractivity contribution in [1.82, 2.24) is 0 Å². The fourth-order valence-corrected chi connectivity index (χ4v) is 1.98. The van der Waals surface area contributed by atoms with E-state index in [1.165, 1.54) is 18.2 Å². The molecule has 0 saturated heterocycles. The van der Waals surface area contributed by atoms with Gasteiger partial charge >= 0.3 is 5.97 Å². The van der Waals surface area contributed by atoms with Crippen LogP contribution in [0.25, 0.3) is 0 Å². The Bertz CT molecular complexity index is 689. The number of nitrogens with one attached hydrogen (secondary N) is 1.